The molecule has 6 nitrogen and oxygen atoms in total. The van der Waals surface area contributed by atoms with Crippen LogP contribution in [-0.2, 0) is 43.8 Å². The van der Waals surface area contributed by atoms with Gasteiger partial charge in [-0.2, -0.15) is 0 Å². The Bertz CT molecular complexity index is 642. The van der Waals surface area contributed by atoms with Crippen molar-refractivity contribution in [2.45, 2.75) is 0 Å². The minimum atomic E-state index is 0.835. The fourth-order valence-electron chi connectivity index (χ4n) is 1.51. The molecule has 120 valence electrons. The molecule has 0 unspecified atom stereocenters. The number of benzene rings is 2. The second kappa shape index (κ2) is 25.7. The second-order valence-electron chi connectivity index (χ2n) is 3.02. The molecule has 0 bridgehead atoms. The standard InChI is InChI=1S/C12H10O.5CO.Cr/c1-13-9-11-7-4-6-10-5-2-3-8-12(10)11;5*1-2;/h2-8H,1H3;;;;;;. The Balaban J connectivity index is -0.000000173. The predicted molar refractivity (Wildman–Crippen MR) is 74.7 cm³/mol. The van der Waals surface area contributed by atoms with Crippen molar-refractivity contribution in [2.75, 3.05) is 7.11 Å². The van der Waals surface area contributed by atoms with E-state index in [4.69, 9.17) is 28.0 Å². The number of fused-ring (bicyclic) bond motifs is 1. The first-order valence-electron chi connectivity index (χ1n) is 5.41. The van der Waals surface area contributed by atoms with E-state index in [0.717, 1.165) is 10.1 Å². The van der Waals surface area contributed by atoms with Crippen LogP contribution in [0.3, 0.4) is 0 Å². The molecule has 7 heteroatoms. The summed E-state index contributed by atoms with van der Waals surface area (Å²) in [5, 5.41) is 2.44. The Morgan fingerprint density at radius 3 is 1.62 bits per heavy atom. The summed E-state index contributed by atoms with van der Waals surface area (Å²) in [6.07, 6.45) is 0. The van der Waals surface area contributed by atoms with Crippen molar-refractivity contribution < 1.29 is 43.8 Å². The van der Waals surface area contributed by atoms with Crippen LogP contribution in [0.15, 0.2) is 42.5 Å². The summed E-state index contributed by atoms with van der Waals surface area (Å²) in [6.45, 7) is 22.5. The first kappa shape index (κ1) is 29.7. The number of rotatable bonds is 2. The average Bonchev–Trinajstić information content (AvgIpc) is 2.74. The van der Waals surface area contributed by atoms with Crippen LogP contribution in [0.1, 0.15) is 5.56 Å². The van der Waals surface area contributed by atoms with Gasteiger partial charge in [0, 0.05) is 0 Å². The third-order valence-corrected chi connectivity index (χ3v) is 2.80. The number of methoxy groups -OCH3 is 1. The molecule has 0 aliphatic rings. The Kier molecular flexibility index (Phi) is 31.8. The Morgan fingerprint density at radius 1 is 0.750 bits per heavy atom. The van der Waals surface area contributed by atoms with Crippen molar-refractivity contribution in [1.29, 1.82) is 0 Å². The average molecular weight is 362 g/mol. The predicted octanol–water partition coefficient (Wildman–Crippen LogP) is 2.32. The summed E-state index contributed by atoms with van der Waals surface area (Å²) in [4.78, 5) is 0. The molecule has 2 rings (SSSR count). The van der Waals surface area contributed by atoms with Gasteiger partial charge >= 0.3 is 148 Å². The van der Waals surface area contributed by atoms with Gasteiger partial charge in [-0.1, -0.05) is 0 Å². The van der Waals surface area contributed by atoms with Crippen molar-refractivity contribution in [1.82, 2.24) is 0 Å². The van der Waals surface area contributed by atoms with Gasteiger partial charge in [0.15, 0.2) is 0 Å². The summed E-state index contributed by atoms with van der Waals surface area (Å²) in [6, 6.07) is 14.5. The molecule has 2 aromatic rings. The molecular weight excluding hydrogens is 352 g/mol. The van der Waals surface area contributed by atoms with Crippen molar-refractivity contribution in [3.05, 3.63) is 81.3 Å². The van der Waals surface area contributed by atoms with Gasteiger partial charge in [0.2, 0.25) is 0 Å². The van der Waals surface area contributed by atoms with Gasteiger partial charge < -0.3 is 0 Å². The van der Waals surface area contributed by atoms with Gasteiger partial charge in [-0.3, -0.25) is 0 Å². The molecule has 0 radical (unpaired) electrons. The number of hydrogen-bond donors (Lipinski definition) is 0. The molecule has 24 heavy (non-hydrogen) atoms. The summed E-state index contributed by atoms with van der Waals surface area (Å²) >= 11 is 2.93. The zero-order valence-corrected chi connectivity index (χ0v) is 13.7. The SMILES string of the molecule is CO[C](=[Cr])c1cccc2ccccc12.[C-]#[O+].[C-]#[O+].[C-]#[O+].[C-]#[O+].[C-]#[O+]. The van der Waals surface area contributed by atoms with E-state index in [1.54, 1.807) is 7.11 Å². The zero-order chi connectivity index (χ0) is 20.0. The van der Waals surface area contributed by atoms with E-state index >= 15 is 0 Å². The molecule has 0 fully saturated rings. The molecule has 2 aromatic carbocycles. The van der Waals surface area contributed by atoms with Gasteiger partial charge in [0.1, 0.15) is 0 Å². The van der Waals surface area contributed by atoms with Crippen LogP contribution in [0, 0.1) is 33.3 Å². The van der Waals surface area contributed by atoms with Crippen LogP contribution in [0.4, 0.5) is 0 Å². The van der Waals surface area contributed by atoms with Crippen molar-refractivity contribution in [2.24, 2.45) is 0 Å². The van der Waals surface area contributed by atoms with Crippen LogP contribution < -0.4 is 0 Å². The van der Waals surface area contributed by atoms with E-state index in [2.05, 4.69) is 73.4 Å². The molecule has 0 saturated heterocycles. The first-order chi connectivity index (χ1) is 11.8. The van der Waals surface area contributed by atoms with Crippen LogP contribution in [0.5, 0.6) is 0 Å². The summed E-state index contributed by atoms with van der Waals surface area (Å²) in [5.41, 5.74) is 1.12. The van der Waals surface area contributed by atoms with Gasteiger partial charge in [-0.25, -0.2) is 0 Å². The van der Waals surface area contributed by atoms with Crippen molar-refractivity contribution in [3.63, 3.8) is 0 Å². The van der Waals surface area contributed by atoms with Gasteiger partial charge in [-0.15, -0.1) is 0 Å². The third-order valence-electron chi connectivity index (χ3n) is 2.19. The quantitative estimate of drug-likeness (QED) is 0.593. The van der Waals surface area contributed by atoms with Gasteiger partial charge in [0.25, 0.3) is 0 Å². The summed E-state index contributed by atoms with van der Waals surface area (Å²) in [7, 11) is 1.67. The molecule has 0 atom stereocenters. The first-order valence-corrected chi connectivity index (χ1v) is 6.05. The Morgan fingerprint density at radius 2 is 1.17 bits per heavy atom. The van der Waals surface area contributed by atoms with Gasteiger partial charge in [0.05, 0.1) is 0 Å². The van der Waals surface area contributed by atoms with Crippen LogP contribution >= 0.6 is 0 Å². The monoisotopic (exact) mass is 362 g/mol. The second-order valence-corrected chi connectivity index (χ2v) is 3.60. The minimum absolute atomic E-state index is 0.835. The van der Waals surface area contributed by atoms with Crippen LogP contribution in [0.25, 0.3) is 10.8 Å². The molecule has 0 N–H and O–H groups in total. The van der Waals surface area contributed by atoms with Gasteiger partial charge in [-0.05, 0) is 0 Å². The maximum absolute atomic E-state index is 7.50. The van der Waals surface area contributed by atoms with E-state index in [1.165, 1.54) is 10.8 Å². The molecule has 0 saturated carbocycles. The molecule has 0 aromatic heterocycles. The van der Waals surface area contributed by atoms with E-state index < -0.39 is 0 Å². The fourth-order valence-corrected chi connectivity index (χ4v) is 1.79. The number of hydrogen-bond acceptors (Lipinski definition) is 1. The normalized spacial score (nSPS) is 6.46. The topological polar surface area (TPSA) is 109 Å². The van der Waals surface area contributed by atoms with E-state index in [9.17, 15) is 0 Å². The molecule has 0 amide bonds. The molecular formula is C17H10CrO6. The zero-order valence-electron chi connectivity index (χ0n) is 12.4. The summed E-state index contributed by atoms with van der Waals surface area (Å²) in [5.74, 6) is 0. The van der Waals surface area contributed by atoms with E-state index in [-0.39, 0.29) is 0 Å². The fraction of sp³-hybridized carbons (Fsp3) is 0.0588. The summed E-state index contributed by atoms with van der Waals surface area (Å²) < 4.78 is 43.5. The number of ether oxygens (including phenoxy) is 1. The maximum atomic E-state index is 7.50. The van der Waals surface area contributed by atoms with E-state index in [0.29, 0.717) is 0 Å². The van der Waals surface area contributed by atoms with Crippen molar-refractivity contribution in [3.8, 4) is 0 Å². The third kappa shape index (κ3) is 11.3. The van der Waals surface area contributed by atoms with Crippen LogP contribution in [0.2, 0.25) is 0 Å². The molecule has 0 aliphatic carbocycles. The van der Waals surface area contributed by atoms with Crippen LogP contribution in [-0.4, -0.2) is 11.7 Å². The van der Waals surface area contributed by atoms with Crippen molar-refractivity contribution >= 4 is 15.3 Å². The van der Waals surface area contributed by atoms with E-state index in [1.807, 2.05) is 18.2 Å². The molecule has 0 heterocycles. The Labute approximate surface area is 148 Å². The molecule has 0 aliphatic heterocycles. The Hall–Kier alpha value is -2.24. The molecule has 0 spiro atoms.